The minimum Gasteiger partial charge on any atom is -0.399 e. The Morgan fingerprint density at radius 2 is 1.10 bits per heavy atom. The van der Waals surface area contributed by atoms with Crippen LogP contribution < -0.4 is 5.46 Å². The fourth-order valence-corrected chi connectivity index (χ4v) is 6.42. The lowest BCUT2D eigenvalue weighted by molar-refractivity contribution is 0.00578. The van der Waals surface area contributed by atoms with E-state index >= 15 is 0 Å². The molecule has 0 atom stereocenters. The quantitative estimate of drug-likeness (QED) is 0.214. The van der Waals surface area contributed by atoms with E-state index < -0.39 is 7.12 Å². The highest BCUT2D eigenvalue weighted by Crippen LogP contribution is 2.40. The lowest BCUT2D eigenvalue weighted by Crippen LogP contribution is -2.41. The van der Waals surface area contributed by atoms with Crippen LogP contribution in [0, 0.1) is 0 Å². The molecule has 1 aliphatic rings. The van der Waals surface area contributed by atoms with Crippen LogP contribution in [0.4, 0.5) is 0 Å². The van der Waals surface area contributed by atoms with Gasteiger partial charge in [0.05, 0.1) is 39.0 Å². The van der Waals surface area contributed by atoms with Gasteiger partial charge in [-0.15, -0.1) is 0 Å². The topological polar surface area (TPSA) is 28.3 Å². The normalized spacial score (nSPS) is 16.4. The number of hydrogen-bond acceptors (Lipinski definition) is 2. The van der Waals surface area contributed by atoms with E-state index in [-0.39, 0.29) is 11.2 Å². The van der Waals surface area contributed by atoms with Crippen LogP contribution in [0.5, 0.6) is 0 Å². The summed E-state index contributed by atoms with van der Waals surface area (Å²) >= 11 is 0. The van der Waals surface area contributed by atoms with Crippen molar-refractivity contribution in [1.29, 1.82) is 0 Å². The zero-order valence-corrected chi connectivity index (χ0v) is 23.8. The summed E-state index contributed by atoms with van der Waals surface area (Å²) in [4.78, 5) is 0. The molecule has 7 aromatic rings. The third-order valence-corrected chi connectivity index (χ3v) is 9.15. The standard InChI is InChI=1S/C36H31BN2O2/c1-35(2)36(3,4)41-37(40-35)24-21-22-31-28(23-24)26-15-8-10-17-29(26)39(31)33-20-12-19-32-34(33)27-16-9-11-18-30(27)38(32)25-13-6-5-7-14-25/h5-23H,1-4H3. The zero-order valence-electron chi connectivity index (χ0n) is 23.8. The van der Waals surface area contributed by atoms with Crippen LogP contribution in [0.25, 0.3) is 55.0 Å². The highest BCUT2D eigenvalue weighted by molar-refractivity contribution is 6.62. The molecule has 5 aromatic carbocycles. The molecule has 1 fully saturated rings. The molecular formula is C36H31BN2O2. The molecule has 0 N–H and O–H groups in total. The van der Waals surface area contributed by atoms with Crippen LogP contribution >= 0.6 is 0 Å². The number of nitrogens with zero attached hydrogens (tertiary/aromatic N) is 2. The van der Waals surface area contributed by atoms with Gasteiger partial charge in [0.2, 0.25) is 0 Å². The first-order valence-electron chi connectivity index (χ1n) is 14.3. The molecule has 2 aromatic heterocycles. The Labute approximate surface area is 239 Å². The highest BCUT2D eigenvalue weighted by Gasteiger charge is 2.51. The van der Waals surface area contributed by atoms with Gasteiger partial charge in [-0.1, -0.05) is 72.8 Å². The van der Waals surface area contributed by atoms with Crippen molar-refractivity contribution in [3.8, 4) is 11.4 Å². The summed E-state index contributed by atoms with van der Waals surface area (Å²) < 4.78 is 17.6. The first kappa shape index (κ1) is 24.5. The minimum absolute atomic E-state index is 0.386. The van der Waals surface area contributed by atoms with Crippen molar-refractivity contribution >= 4 is 56.2 Å². The molecule has 5 heteroatoms. The van der Waals surface area contributed by atoms with E-state index in [4.69, 9.17) is 9.31 Å². The van der Waals surface area contributed by atoms with Gasteiger partial charge in [0.1, 0.15) is 0 Å². The van der Waals surface area contributed by atoms with E-state index in [1.54, 1.807) is 0 Å². The smallest absolute Gasteiger partial charge is 0.399 e. The summed E-state index contributed by atoms with van der Waals surface area (Å²) in [6.07, 6.45) is 0. The number of rotatable bonds is 3. The van der Waals surface area contributed by atoms with Crippen LogP contribution in [-0.2, 0) is 9.31 Å². The first-order valence-corrected chi connectivity index (χ1v) is 14.3. The molecule has 3 heterocycles. The Balaban J connectivity index is 1.41. The third kappa shape index (κ3) is 3.49. The van der Waals surface area contributed by atoms with E-state index in [1.165, 1.54) is 43.8 Å². The zero-order chi connectivity index (χ0) is 27.9. The Morgan fingerprint density at radius 3 is 1.83 bits per heavy atom. The van der Waals surface area contributed by atoms with Crippen molar-refractivity contribution in [3.63, 3.8) is 0 Å². The molecule has 4 nitrogen and oxygen atoms in total. The lowest BCUT2D eigenvalue weighted by atomic mass is 9.78. The highest BCUT2D eigenvalue weighted by atomic mass is 16.7. The summed E-state index contributed by atoms with van der Waals surface area (Å²) in [6.45, 7) is 8.40. The summed E-state index contributed by atoms with van der Waals surface area (Å²) in [7, 11) is -0.404. The van der Waals surface area contributed by atoms with Gasteiger partial charge in [-0.3, -0.25) is 0 Å². The van der Waals surface area contributed by atoms with Gasteiger partial charge in [0, 0.05) is 27.2 Å². The molecule has 200 valence electrons. The van der Waals surface area contributed by atoms with Gasteiger partial charge < -0.3 is 18.4 Å². The molecule has 1 saturated heterocycles. The van der Waals surface area contributed by atoms with E-state index in [0.717, 1.165) is 16.7 Å². The summed E-state index contributed by atoms with van der Waals surface area (Å²) in [5.41, 5.74) is 7.32. The molecule has 0 amide bonds. The Morgan fingerprint density at radius 1 is 0.512 bits per heavy atom. The van der Waals surface area contributed by atoms with Gasteiger partial charge in [-0.25, -0.2) is 0 Å². The van der Waals surface area contributed by atoms with Crippen molar-refractivity contribution in [2.75, 3.05) is 0 Å². The maximum atomic E-state index is 6.42. The molecule has 0 saturated carbocycles. The predicted octanol–water partition coefficient (Wildman–Crippen LogP) is 8.18. The van der Waals surface area contributed by atoms with Crippen LogP contribution in [0.1, 0.15) is 27.7 Å². The van der Waals surface area contributed by atoms with Crippen LogP contribution in [-0.4, -0.2) is 27.5 Å². The Hall–Kier alpha value is -4.32. The summed E-state index contributed by atoms with van der Waals surface area (Å²) in [5, 5.41) is 4.88. The average Bonchev–Trinajstić information content (AvgIpc) is 3.57. The van der Waals surface area contributed by atoms with Crippen molar-refractivity contribution < 1.29 is 9.31 Å². The fourth-order valence-electron chi connectivity index (χ4n) is 6.42. The van der Waals surface area contributed by atoms with Crippen LogP contribution in [0.15, 0.2) is 115 Å². The van der Waals surface area contributed by atoms with E-state index in [2.05, 4.69) is 152 Å². The number of aromatic nitrogens is 2. The SMILES string of the molecule is CC1(C)OB(c2ccc3c(c2)c2ccccc2n3-c2cccc3c2c2ccccc2n3-c2ccccc2)OC1(C)C. The molecule has 8 rings (SSSR count). The maximum absolute atomic E-state index is 6.42. The Bertz CT molecular complexity index is 2100. The molecule has 0 spiro atoms. The summed E-state index contributed by atoms with van der Waals surface area (Å²) in [5.74, 6) is 0. The van der Waals surface area contributed by atoms with Crippen molar-refractivity contribution in [1.82, 2.24) is 9.13 Å². The molecular weight excluding hydrogens is 503 g/mol. The van der Waals surface area contributed by atoms with Gasteiger partial charge in [0.15, 0.2) is 0 Å². The molecule has 0 radical (unpaired) electrons. The monoisotopic (exact) mass is 534 g/mol. The van der Waals surface area contributed by atoms with E-state index in [0.29, 0.717) is 0 Å². The van der Waals surface area contributed by atoms with Crippen molar-refractivity contribution in [3.05, 3.63) is 115 Å². The number of para-hydroxylation sites is 3. The fraction of sp³-hybridized carbons (Fsp3) is 0.167. The molecule has 41 heavy (non-hydrogen) atoms. The van der Waals surface area contributed by atoms with Crippen molar-refractivity contribution in [2.45, 2.75) is 38.9 Å². The van der Waals surface area contributed by atoms with Crippen molar-refractivity contribution in [2.24, 2.45) is 0 Å². The molecule has 1 aliphatic heterocycles. The van der Waals surface area contributed by atoms with Gasteiger partial charge in [-0.2, -0.15) is 0 Å². The number of benzene rings is 5. The van der Waals surface area contributed by atoms with Crippen LogP contribution in [0.2, 0.25) is 0 Å². The number of hydrogen-bond donors (Lipinski definition) is 0. The lowest BCUT2D eigenvalue weighted by Gasteiger charge is -2.32. The van der Waals surface area contributed by atoms with Gasteiger partial charge in [-0.05, 0) is 75.6 Å². The molecule has 0 unspecified atom stereocenters. The molecule has 0 bridgehead atoms. The average molecular weight is 534 g/mol. The Kier molecular flexibility index (Phi) is 5.13. The number of fused-ring (bicyclic) bond motifs is 6. The largest absolute Gasteiger partial charge is 0.494 e. The molecule has 0 aliphatic carbocycles. The van der Waals surface area contributed by atoms with Crippen LogP contribution in [0.3, 0.4) is 0 Å². The minimum atomic E-state index is -0.404. The first-order chi connectivity index (χ1) is 19.8. The maximum Gasteiger partial charge on any atom is 0.494 e. The second-order valence-electron chi connectivity index (χ2n) is 12.1. The van der Waals surface area contributed by atoms with E-state index in [1.807, 2.05) is 0 Å². The second kappa shape index (κ2) is 8.59. The van der Waals surface area contributed by atoms with Gasteiger partial charge in [0.25, 0.3) is 0 Å². The summed E-state index contributed by atoms with van der Waals surface area (Å²) in [6, 6.07) is 41.3. The second-order valence-corrected chi connectivity index (χ2v) is 12.1. The predicted molar refractivity (Wildman–Crippen MR) is 171 cm³/mol. The van der Waals surface area contributed by atoms with Gasteiger partial charge >= 0.3 is 7.12 Å². The third-order valence-electron chi connectivity index (χ3n) is 9.15. The van der Waals surface area contributed by atoms with E-state index in [9.17, 15) is 0 Å².